The van der Waals surface area contributed by atoms with Crippen LogP contribution < -0.4 is 5.32 Å². The molecule has 0 aromatic rings. The Morgan fingerprint density at radius 1 is 1.00 bits per heavy atom. The smallest absolute Gasteiger partial charge is 0.0132 e. The Morgan fingerprint density at radius 3 is 2.50 bits per heavy atom. The van der Waals surface area contributed by atoms with Gasteiger partial charge in [-0.1, -0.05) is 0 Å². The van der Waals surface area contributed by atoms with E-state index in [9.17, 15) is 0 Å². The quantitative estimate of drug-likeness (QED) is 0.519. The van der Waals surface area contributed by atoms with E-state index in [0.717, 1.165) is 23.8 Å². The molecule has 6 aliphatic rings. The van der Waals surface area contributed by atoms with Crippen LogP contribution in [-0.2, 0) is 0 Å². The highest BCUT2D eigenvalue weighted by Gasteiger charge is 2.68. The third-order valence-electron chi connectivity index (χ3n) is 4.76. The molecule has 6 fully saturated rings. The van der Waals surface area contributed by atoms with Gasteiger partial charge in [-0.25, -0.2) is 0 Å². The number of rotatable bonds is 0. The maximum Gasteiger partial charge on any atom is 0.0132 e. The van der Waals surface area contributed by atoms with Crippen molar-refractivity contribution >= 4 is 0 Å². The van der Waals surface area contributed by atoms with Gasteiger partial charge in [0.15, 0.2) is 0 Å². The predicted molar refractivity (Wildman–Crippen MR) is 38.5 cm³/mol. The van der Waals surface area contributed by atoms with Gasteiger partial charge in [-0.3, -0.25) is 0 Å². The van der Waals surface area contributed by atoms with Crippen LogP contribution in [0.25, 0.3) is 0 Å². The molecule has 2 aliphatic heterocycles. The fraction of sp³-hybridized carbons (Fsp3) is 1.00. The van der Waals surface area contributed by atoms with E-state index >= 15 is 0 Å². The summed E-state index contributed by atoms with van der Waals surface area (Å²) in [6.07, 6.45) is 3.20. The van der Waals surface area contributed by atoms with Crippen molar-refractivity contribution in [2.24, 2.45) is 29.6 Å². The summed E-state index contributed by atoms with van der Waals surface area (Å²) in [6, 6.07) is 0.994. The average Bonchev–Trinajstić information content (AvgIpc) is 1.93. The fourth-order valence-electron chi connectivity index (χ4n) is 4.31. The van der Waals surface area contributed by atoms with Crippen molar-refractivity contribution in [2.75, 3.05) is 6.54 Å². The van der Waals surface area contributed by atoms with Gasteiger partial charge in [0.1, 0.15) is 0 Å². The molecule has 0 amide bonds. The molecule has 0 aromatic carbocycles. The molecule has 0 radical (unpaired) electrons. The van der Waals surface area contributed by atoms with E-state index in [4.69, 9.17) is 0 Å². The molecule has 1 N–H and O–H groups in total. The number of hydrogen-bond donors (Lipinski definition) is 1. The van der Waals surface area contributed by atoms with Gasteiger partial charge in [-0.2, -0.15) is 0 Å². The number of fused-ring (bicyclic) bond motifs is 1. The summed E-state index contributed by atoms with van der Waals surface area (Å²) in [6.45, 7) is 1.36. The Balaban J connectivity index is 1.86. The lowest BCUT2D eigenvalue weighted by molar-refractivity contribution is -0.229. The first-order valence-corrected chi connectivity index (χ1v) is 4.68. The van der Waals surface area contributed by atoms with Gasteiger partial charge < -0.3 is 5.32 Å². The van der Waals surface area contributed by atoms with Crippen molar-refractivity contribution in [3.63, 3.8) is 0 Å². The molecule has 6 bridgehead atoms. The minimum absolute atomic E-state index is 0.994. The Bertz CT molecular complexity index is 174. The zero-order chi connectivity index (χ0) is 6.29. The van der Waals surface area contributed by atoms with Crippen LogP contribution in [0.5, 0.6) is 0 Å². The number of hydrogen-bond acceptors (Lipinski definition) is 1. The standard InChI is InChI=1S/C9H13N/c1-4-3-10-9-7(1)6-2-5(4)8(6)9/h4-10H,1-3H2. The molecule has 6 unspecified atom stereocenters. The number of nitrogens with one attached hydrogen (secondary N) is 1. The van der Waals surface area contributed by atoms with E-state index in [1.807, 2.05) is 0 Å². The Kier molecular flexibility index (Phi) is 0.560. The van der Waals surface area contributed by atoms with Crippen molar-refractivity contribution in [3.8, 4) is 0 Å². The molecule has 6 rings (SSSR count). The van der Waals surface area contributed by atoms with Crippen LogP contribution in [0.3, 0.4) is 0 Å². The van der Waals surface area contributed by atoms with E-state index in [0.29, 0.717) is 0 Å². The SMILES string of the molecule is C1NC2C3CC1C1CC3C12. The second kappa shape index (κ2) is 1.18. The minimum atomic E-state index is 0.994. The van der Waals surface area contributed by atoms with Crippen molar-refractivity contribution in [1.29, 1.82) is 0 Å². The zero-order valence-electron chi connectivity index (χ0n) is 6.09. The molecule has 1 nitrogen and oxygen atoms in total. The van der Waals surface area contributed by atoms with Crippen LogP contribution in [0.4, 0.5) is 0 Å². The highest BCUT2D eigenvalue weighted by atomic mass is 15.0. The number of piperidine rings is 2. The highest BCUT2D eigenvalue weighted by Crippen LogP contribution is 2.69. The third kappa shape index (κ3) is 0.282. The van der Waals surface area contributed by atoms with Crippen LogP contribution in [0.1, 0.15) is 12.8 Å². The lowest BCUT2D eigenvalue weighted by atomic mass is 9.35. The maximum atomic E-state index is 3.68. The zero-order valence-corrected chi connectivity index (χ0v) is 6.09. The van der Waals surface area contributed by atoms with Crippen molar-refractivity contribution in [1.82, 2.24) is 5.32 Å². The van der Waals surface area contributed by atoms with Crippen molar-refractivity contribution < 1.29 is 0 Å². The van der Waals surface area contributed by atoms with Crippen LogP contribution in [0.15, 0.2) is 0 Å². The van der Waals surface area contributed by atoms with Gasteiger partial charge >= 0.3 is 0 Å². The summed E-state index contributed by atoms with van der Waals surface area (Å²) in [5.74, 6) is 5.77. The lowest BCUT2D eigenvalue weighted by Gasteiger charge is -2.74. The second-order valence-electron chi connectivity index (χ2n) is 4.73. The predicted octanol–water partition coefficient (Wildman–Crippen LogP) is 0.860. The maximum absolute atomic E-state index is 3.68. The van der Waals surface area contributed by atoms with Gasteiger partial charge in [0.2, 0.25) is 0 Å². The van der Waals surface area contributed by atoms with Crippen molar-refractivity contribution in [3.05, 3.63) is 0 Å². The summed E-state index contributed by atoms with van der Waals surface area (Å²) < 4.78 is 0. The van der Waals surface area contributed by atoms with Crippen molar-refractivity contribution in [2.45, 2.75) is 18.9 Å². The summed E-state index contributed by atoms with van der Waals surface area (Å²) in [4.78, 5) is 0. The first kappa shape index (κ1) is 4.76. The molecule has 4 aliphatic carbocycles. The molecular weight excluding hydrogens is 122 g/mol. The first-order chi connectivity index (χ1) is 4.95. The molecule has 54 valence electrons. The van der Waals surface area contributed by atoms with Crippen LogP contribution in [0, 0.1) is 29.6 Å². The van der Waals surface area contributed by atoms with Crippen LogP contribution >= 0.6 is 0 Å². The van der Waals surface area contributed by atoms with Gasteiger partial charge in [-0.05, 0) is 49.0 Å². The Hall–Kier alpha value is -0.0400. The summed E-state index contributed by atoms with van der Waals surface area (Å²) >= 11 is 0. The van der Waals surface area contributed by atoms with Gasteiger partial charge in [0.05, 0.1) is 0 Å². The topological polar surface area (TPSA) is 12.0 Å². The molecule has 2 heterocycles. The van der Waals surface area contributed by atoms with E-state index in [-0.39, 0.29) is 0 Å². The van der Waals surface area contributed by atoms with E-state index < -0.39 is 0 Å². The molecule has 4 saturated carbocycles. The van der Waals surface area contributed by atoms with Crippen LogP contribution in [0.2, 0.25) is 0 Å². The van der Waals surface area contributed by atoms with Gasteiger partial charge in [0, 0.05) is 6.04 Å². The largest absolute Gasteiger partial charge is 0.313 e. The molecule has 2 saturated heterocycles. The molecule has 1 heteroatoms. The van der Waals surface area contributed by atoms with E-state index in [1.165, 1.54) is 18.4 Å². The van der Waals surface area contributed by atoms with E-state index in [1.54, 1.807) is 12.8 Å². The summed E-state index contributed by atoms with van der Waals surface area (Å²) in [5.41, 5.74) is 0. The monoisotopic (exact) mass is 135 g/mol. The fourth-order valence-corrected chi connectivity index (χ4v) is 4.31. The lowest BCUT2D eigenvalue weighted by Crippen LogP contribution is -2.77. The average molecular weight is 135 g/mol. The molecule has 0 aromatic heterocycles. The molecule has 6 atom stereocenters. The van der Waals surface area contributed by atoms with E-state index in [2.05, 4.69) is 5.32 Å². The summed E-state index contributed by atoms with van der Waals surface area (Å²) in [7, 11) is 0. The summed E-state index contributed by atoms with van der Waals surface area (Å²) in [5, 5.41) is 3.68. The minimum Gasteiger partial charge on any atom is -0.313 e. The van der Waals surface area contributed by atoms with Crippen LogP contribution in [-0.4, -0.2) is 12.6 Å². The molecule has 10 heavy (non-hydrogen) atoms. The molecular formula is C9H13N. The first-order valence-electron chi connectivity index (χ1n) is 4.68. The van der Waals surface area contributed by atoms with Gasteiger partial charge in [-0.15, -0.1) is 0 Å². The Labute approximate surface area is 61.2 Å². The second-order valence-corrected chi connectivity index (χ2v) is 4.73. The highest BCUT2D eigenvalue weighted by molar-refractivity contribution is 5.20. The molecule has 0 spiro atoms. The third-order valence-corrected chi connectivity index (χ3v) is 4.76. The normalized spacial score (nSPS) is 74.4. The van der Waals surface area contributed by atoms with Gasteiger partial charge in [0.25, 0.3) is 0 Å². The Morgan fingerprint density at radius 2 is 2.00 bits per heavy atom.